The first-order valence-electron chi connectivity index (χ1n) is 14.6. The highest BCUT2D eigenvalue weighted by atomic mass is 16.5. The average molecular weight is 557 g/mol. The van der Waals surface area contributed by atoms with Gasteiger partial charge in [-0.15, -0.1) is 0 Å². The first kappa shape index (κ1) is 27.4. The Morgan fingerprint density at radius 2 is 1.76 bits per heavy atom. The van der Waals surface area contributed by atoms with Crippen molar-refractivity contribution < 1.29 is 24.2 Å². The maximum absolute atomic E-state index is 12.2. The maximum atomic E-state index is 12.2. The lowest BCUT2D eigenvalue weighted by molar-refractivity contribution is -0.136. The Bertz CT molecular complexity index is 1460. The first-order valence-corrected chi connectivity index (χ1v) is 14.6. The van der Waals surface area contributed by atoms with Gasteiger partial charge in [-0.25, -0.2) is 0 Å². The molecule has 4 aliphatic rings. The third kappa shape index (κ3) is 6.11. The summed E-state index contributed by atoms with van der Waals surface area (Å²) in [7, 11) is 0. The number of hydrogen-bond acceptors (Lipinski definition) is 7. The fraction of sp³-hybridized carbons (Fsp3) is 0.438. The molecule has 5 heterocycles. The Morgan fingerprint density at radius 3 is 2.54 bits per heavy atom. The number of pyridine rings is 1. The van der Waals surface area contributed by atoms with Gasteiger partial charge < -0.3 is 14.7 Å². The second kappa shape index (κ2) is 12.0. The molecule has 0 saturated carbocycles. The quantitative estimate of drug-likeness (QED) is 0.469. The molecule has 9 nitrogen and oxygen atoms in total. The summed E-state index contributed by atoms with van der Waals surface area (Å²) in [5.41, 5.74) is 3.86. The summed E-state index contributed by atoms with van der Waals surface area (Å²) in [6.07, 6.45) is 7.60. The van der Waals surface area contributed by atoms with E-state index in [9.17, 15) is 19.5 Å². The molecule has 3 amide bonds. The lowest BCUT2D eigenvalue weighted by Gasteiger charge is -2.29. The Kier molecular flexibility index (Phi) is 7.98. The Hall–Kier alpha value is -3.82. The van der Waals surface area contributed by atoms with Crippen LogP contribution >= 0.6 is 0 Å². The van der Waals surface area contributed by atoms with Crippen LogP contribution in [0, 0.1) is 0 Å². The fourth-order valence-corrected chi connectivity index (χ4v) is 6.31. The molecule has 0 spiro atoms. The van der Waals surface area contributed by atoms with Crippen LogP contribution in [0.25, 0.3) is 10.8 Å². The molecule has 7 rings (SSSR count). The van der Waals surface area contributed by atoms with E-state index in [1.54, 1.807) is 6.07 Å². The van der Waals surface area contributed by atoms with Gasteiger partial charge in [0.15, 0.2) is 0 Å². The van der Waals surface area contributed by atoms with Crippen LogP contribution < -0.4 is 5.32 Å². The number of fused-ring (bicyclic) bond motifs is 2. The highest BCUT2D eigenvalue weighted by Gasteiger charge is 2.39. The fourth-order valence-electron chi connectivity index (χ4n) is 6.31. The first-order chi connectivity index (χ1) is 19.9. The predicted octanol–water partition coefficient (Wildman–Crippen LogP) is 3.88. The molecule has 2 N–H and O–H groups in total. The minimum absolute atomic E-state index is 0.0941. The number of likely N-dealkylation sites (tertiary alicyclic amines) is 1. The van der Waals surface area contributed by atoms with Gasteiger partial charge in [0.1, 0.15) is 11.8 Å². The number of amides is 3. The van der Waals surface area contributed by atoms with E-state index >= 15 is 0 Å². The van der Waals surface area contributed by atoms with E-state index in [0.29, 0.717) is 23.5 Å². The van der Waals surface area contributed by atoms with Crippen LogP contribution in [0.3, 0.4) is 0 Å². The molecule has 2 aromatic carbocycles. The van der Waals surface area contributed by atoms with E-state index in [4.69, 9.17) is 9.72 Å². The van der Waals surface area contributed by atoms with Gasteiger partial charge in [0, 0.05) is 49.9 Å². The maximum Gasteiger partial charge on any atom is 0.255 e. The second-order valence-corrected chi connectivity index (χ2v) is 11.4. The largest absolute Gasteiger partial charge is 0.508 e. The molecule has 3 saturated heterocycles. The number of nitrogens with one attached hydrogen (secondary N) is 1. The zero-order valence-electron chi connectivity index (χ0n) is 23.2. The van der Waals surface area contributed by atoms with E-state index in [1.165, 1.54) is 65.0 Å². The number of aromatic hydroxyl groups is 1. The van der Waals surface area contributed by atoms with Crippen molar-refractivity contribution in [3.05, 3.63) is 71.0 Å². The molecule has 4 aliphatic heterocycles. The smallest absolute Gasteiger partial charge is 0.255 e. The third-order valence-electron chi connectivity index (χ3n) is 8.59. The average Bonchev–Trinajstić information content (AvgIpc) is 3.61. The number of piperidine rings is 1. The van der Waals surface area contributed by atoms with Gasteiger partial charge in [-0.2, -0.15) is 0 Å². The van der Waals surface area contributed by atoms with Gasteiger partial charge in [0.05, 0.1) is 5.69 Å². The van der Waals surface area contributed by atoms with E-state index in [2.05, 4.69) is 40.7 Å². The van der Waals surface area contributed by atoms with Crippen molar-refractivity contribution >= 4 is 28.5 Å². The monoisotopic (exact) mass is 556 g/mol. The summed E-state index contributed by atoms with van der Waals surface area (Å²) in [5.74, 6) is -0.215. The Labute approximate surface area is 239 Å². The summed E-state index contributed by atoms with van der Waals surface area (Å²) >= 11 is 0. The molecule has 1 aromatic heterocycles. The van der Waals surface area contributed by atoms with Gasteiger partial charge in [-0.1, -0.05) is 12.1 Å². The van der Waals surface area contributed by atoms with Gasteiger partial charge in [0.25, 0.3) is 5.91 Å². The topological polar surface area (TPSA) is 112 Å². The molecule has 41 heavy (non-hydrogen) atoms. The lowest BCUT2D eigenvalue weighted by Crippen LogP contribution is -2.52. The number of rotatable bonds is 4. The van der Waals surface area contributed by atoms with Crippen molar-refractivity contribution in [2.75, 3.05) is 26.3 Å². The van der Waals surface area contributed by atoms with Crippen molar-refractivity contribution in [1.29, 1.82) is 0 Å². The van der Waals surface area contributed by atoms with Crippen molar-refractivity contribution in [3.63, 3.8) is 0 Å². The van der Waals surface area contributed by atoms with Crippen LogP contribution in [0.2, 0.25) is 0 Å². The number of imide groups is 1. The van der Waals surface area contributed by atoms with Crippen LogP contribution in [0.15, 0.2) is 48.7 Å². The molecule has 1 atom stereocenters. The van der Waals surface area contributed by atoms with E-state index in [0.717, 1.165) is 32.6 Å². The molecule has 3 aromatic rings. The predicted molar refractivity (Wildman–Crippen MR) is 153 cm³/mol. The highest BCUT2D eigenvalue weighted by molar-refractivity contribution is 6.05. The summed E-state index contributed by atoms with van der Waals surface area (Å²) in [6.45, 7) is 5.53. The minimum atomic E-state index is -0.611. The zero-order valence-corrected chi connectivity index (χ0v) is 23.2. The number of ether oxygens (including phenoxy) is 1. The molecular weight excluding hydrogens is 520 g/mol. The van der Waals surface area contributed by atoms with Crippen LogP contribution in [-0.4, -0.2) is 70.0 Å². The number of carbonyl (C=O) groups excluding carboxylic acids is 3. The summed E-state index contributed by atoms with van der Waals surface area (Å²) in [5, 5.41) is 14.2. The molecule has 0 aliphatic carbocycles. The van der Waals surface area contributed by atoms with Crippen LogP contribution in [0.1, 0.15) is 71.6 Å². The van der Waals surface area contributed by atoms with Crippen molar-refractivity contribution in [3.8, 4) is 5.75 Å². The van der Waals surface area contributed by atoms with Gasteiger partial charge in [0.2, 0.25) is 11.8 Å². The van der Waals surface area contributed by atoms with Crippen LogP contribution in [0.4, 0.5) is 0 Å². The van der Waals surface area contributed by atoms with Crippen LogP contribution in [0.5, 0.6) is 5.75 Å². The number of phenols is 1. The van der Waals surface area contributed by atoms with Gasteiger partial charge in [-0.05, 0) is 98.0 Å². The number of nitrogens with zero attached hydrogens (tertiary/aromatic N) is 3. The Morgan fingerprint density at radius 1 is 0.951 bits per heavy atom. The molecule has 0 bridgehead atoms. The second-order valence-electron chi connectivity index (χ2n) is 11.4. The molecule has 9 heteroatoms. The molecule has 3 fully saturated rings. The number of benzene rings is 2. The van der Waals surface area contributed by atoms with Gasteiger partial charge in [-0.3, -0.25) is 29.6 Å². The standard InChI is InChI=1S/C19H24N2O.C13H12N2O4/c1-2-8-21(7-1)14-19-12-17-4-3-16(11-18(17)13-20-19)15-5-9-22-10-6-15;16-8-1-2-9-7(5-8)6-15(13(9)19)10-3-4-11(17)14-12(10)18/h3-4,11-13,15H,1-2,5-10,14H2;1-2,5,10,16H,3-4,6H2,(H,14,17,18). The normalized spacial score (nSPS) is 21.5. The van der Waals surface area contributed by atoms with Crippen molar-refractivity contribution in [2.24, 2.45) is 0 Å². The number of phenolic OH excluding ortho intramolecular Hbond substituents is 1. The zero-order chi connectivity index (χ0) is 28.3. The number of aromatic nitrogens is 1. The summed E-state index contributed by atoms with van der Waals surface area (Å²) in [4.78, 5) is 43.7. The summed E-state index contributed by atoms with van der Waals surface area (Å²) in [6, 6.07) is 13.1. The molecule has 214 valence electrons. The number of carbonyl (C=O) groups is 3. The van der Waals surface area contributed by atoms with Crippen LogP contribution in [-0.2, 0) is 27.4 Å². The lowest BCUT2D eigenvalue weighted by atomic mass is 9.90. The molecular formula is C32H36N4O5. The SMILES string of the molecule is O=C1CCC(N2Cc3cc(O)ccc3C2=O)C(=O)N1.c1cc2cc(CN3CCCC3)ncc2cc1C1CCOCC1. The van der Waals surface area contributed by atoms with Crippen molar-refractivity contribution in [2.45, 2.75) is 63.6 Å². The molecule has 0 radical (unpaired) electrons. The molecule has 1 unspecified atom stereocenters. The van der Waals surface area contributed by atoms with Crippen molar-refractivity contribution in [1.82, 2.24) is 20.1 Å². The van der Waals surface area contributed by atoms with E-state index in [-0.39, 0.29) is 30.5 Å². The third-order valence-corrected chi connectivity index (χ3v) is 8.59. The van der Waals surface area contributed by atoms with E-state index < -0.39 is 11.9 Å². The summed E-state index contributed by atoms with van der Waals surface area (Å²) < 4.78 is 5.47. The van der Waals surface area contributed by atoms with Gasteiger partial charge >= 0.3 is 0 Å². The van der Waals surface area contributed by atoms with E-state index in [1.807, 2.05) is 0 Å². The Balaban J connectivity index is 0.000000149. The number of hydrogen-bond donors (Lipinski definition) is 2. The minimum Gasteiger partial charge on any atom is -0.508 e. The highest BCUT2D eigenvalue weighted by Crippen LogP contribution is 2.31.